The topological polar surface area (TPSA) is 264 Å². The molecule has 4 heterocycles. The van der Waals surface area contributed by atoms with E-state index in [9.17, 15) is 55.6 Å². The SMILES string of the molecule is C.CI.CN1CCCCC1C(=O)O.Cc1cc(C)cc(F)c1.Cc1cc(F)cc(C)c1N.Cc1cc(F)cc(C)c1NC(=O)C1CCCCN1C.Cc1cc(F)cc(C)c1NC(=O)C1CCCC[N+]1(C)C.Cc1cc(F)cc(C)c1NC(=O)C1CCCC[N+]1(C)C.Cc1cc(F)cc(C)c1[N+](=O)[O-].Cl.Cl.I.O=[N+]([O-])O.[Cl][Ag]. The van der Waals surface area contributed by atoms with Crippen LogP contribution in [0.5, 0.6) is 0 Å². The monoisotopic (exact) mass is 1960 g/mol. The van der Waals surface area contributed by atoms with Crippen molar-refractivity contribution in [3.63, 3.8) is 0 Å². The average Bonchev–Trinajstić information content (AvgIpc) is 0.812. The first-order valence-electron chi connectivity index (χ1n) is 35.4. The van der Waals surface area contributed by atoms with Gasteiger partial charge >= 0.3 is 35.1 Å². The molecule has 0 bridgehead atoms. The zero-order chi connectivity index (χ0) is 82.8. The number of nitrogens with two attached hydrogens (primary N) is 1. The molecule has 0 spiro atoms. The number of anilines is 4. The standard InChI is InChI=1S/2C16H23FN2O.C15H21FN2O.C8H8FNO2.C8H10FN.C8H9F.C7H13NO2.CH3I.CH4.Ag.3ClH.HI.HNO3/c2*1-11-9-13(17)10-12(2)15(11)18-16(20)14-7-5-6-8-19(14,3)4;1-10-8-12(16)9-11(2)14(10)17-15(19)13-6-4-5-7-18(13)3;1-5-3-7(9)4-6(2)8(5)10(11)12;1-5-3-7(9)4-6(2)8(5)10;1-6-3-7(2)5-8(9)4-6;1-8-5-3-2-4-6(8)7(9)10;1-2;;;;;;;2-1(3)4/h2*9-10,14H,5-8H2,1-4H3;8-9,13H,4-7H2,1-3H3,(H,17,19);3-4H,1-2H3;3-4H,10H2,1-2H3;3-5H,1-2H3;6H,2-5H2,1H3,(H,9,10);1H3;1H4;;4*1H;(H,2,3,4)/q;;;;;;;;;+1;;;;;/p+1. The molecular formula is C80H120AgCl3F6I2N10O10+2. The van der Waals surface area contributed by atoms with Crippen molar-refractivity contribution in [2.45, 2.75) is 192 Å². The van der Waals surface area contributed by atoms with E-state index in [1.807, 2.05) is 85.4 Å². The number of benzene rings is 6. The van der Waals surface area contributed by atoms with Gasteiger partial charge in [-0.1, -0.05) is 48.9 Å². The van der Waals surface area contributed by atoms with Crippen LogP contribution >= 0.6 is 80.6 Å². The number of carbonyl (C=O) groups excluding carboxylic acids is 3. The minimum absolute atomic E-state index is 0. The van der Waals surface area contributed by atoms with Gasteiger partial charge in [-0.05, 0) is 295 Å². The summed E-state index contributed by atoms with van der Waals surface area (Å²) in [5.41, 5.74) is 17.4. The summed E-state index contributed by atoms with van der Waals surface area (Å²) in [6.07, 6.45) is 12.5. The summed E-state index contributed by atoms with van der Waals surface area (Å²) in [5.74, 6) is -2.14. The first-order valence-corrected chi connectivity index (χ1v) is 39.4. The molecule has 636 valence electrons. The predicted octanol–water partition coefficient (Wildman–Crippen LogP) is 19.7. The summed E-state index contributed by atoms with van der Waals surface area (Å²) < 4.78 is 78.9. The number of aryl methyl sites for hydroxylation is 12. The van der Waals surface area contributed by atoms with Crippen LogP contribution in [-0.4, -0.2) is 160 Å². The van der Waals surface area contributed by atoms with Crippen molar-refractivity contribution in [3.05, 3.63) is 201 Å². The molecule has 3 amide bonds. The van der Waals surface area contributed by atoms with E-state index in [1.165, 1.54) is 87.4 Å². The number of quaternary nitrogens is 2. The van der Waals surface area contributed by atoms with Crippen molar-refractivity contribution in [2.24, 2.45) is 0 Å². The number of amides is 3. The van der Waals surface area contributed by atoms with Crippen molar-refractivity contribution in [1.29, 1.82) is 0 Å². The second-order valence-corrected chi connectivity index (χ2v) is 28.7. The molecule has 112 heavy (non-hydrogen) atoms. The number of carbonyl (C=O) groups is 4. The third kappa shape index (κ3) is 39.2. The second kappa shape index (κ2) is 55.6. The molecule has 7 N–H and O–H groups in total. The molecule has 6 aromatic carbocycles. The van der Waals surface area contributed by atoms with Gasteiger partial charge in [-0.3, -0.25) is 39.1 Å². The number of nitro groups is 1. The number of nitrogens with zero attached hydrogens (tertiary/aromatic N) is 6. The van der Waals surface area contributed by atoms with E-state index in [4.69, 9.17) is 26.2 Å². The van der Waals surface area contributed by atoms with Crippen LogP contribution in [0.2, 0.25) is 0 Å². The average molecular weight is 1960 g/mol. The van der Waals surface area contributed by atoms with E-state index in [1.54, 1.807) is 13.8 Å². The summed E-state index contributed by atoms with van der Waals surface area (Å²) in [6.45, 7) is 25.3. The van der Waals surface area contributed by atoms with Crippen molar-refractivity contribution >= 4 is 133 Å². The molecule has 6 aromatic rings. The molecule has 0 aromatic heterocycles. The van der Waals surface area contributed by atoms with Crippen molar-refractivity contribution in [2.75, 3.05) is 95.1 Å². The first kappa shape index (κ1) is 112. The van der Waals surface area contributed by atoms with Gasteiger partial charge in [0.05, 0.1) is 52.2 Å². The Kier molecular flexibility index (Phi) is 55.8. The molecule has 0 aliphatic carbocycles. The fraction of sp³-hybridized carbons (Fsp3) is 0.500. The number of alkyl halides is 1. The van der Waals surface area contributed by atoms with E-state index >= 15 is 0 Å². The minimum atomic E-state index is -1.50. The summed E-state index contributed by atoms with van der Waals surface area (Å²) in [7, 11) is 16.7. The number of piperidine rings is 4. The Bertz CT molecular complexity index is 3710. The zero-order valence-electron chi connectivity index (χ0n) is 67.1. The van der Waals surface area contributed by atoms with Crippen LogP contribution in [0.4, 0.5) is 54.8 Å². The summed E-state index contributed by atoms with van der Waals surface area (Å²) in [5, 5.41) is 41.7. The number of halogens is 11. The molecule has 0 saturated carbocycles. The van der Waals surface area contributed by atoms with Crippen molar-refractivity contribution in [1.82, 2.24) is 9.80 Å². The number of nitro benzene ring substituents is 1. The van der Waals surface area contributed by atoms with Gasteiger partial charge < -0.3 is 41.0 Å². The van der Waals surface area contributed by atoms with Crippen LogP contribution in [0, 0.1) is 138 Å². The van der Waals surface area contributed by atoms with Crippen LogP contribution in [0.1, 0.15) is 151 Å². The number of hydrogen-bond donors (Lipinski definition) is 6. The molecular weight excluding hydrogens is 1840 g/mol. The number of carboxylic acids is 1. The van der Waals surface area contributed by atoms with Gasteiger partial charge in [0.15, 0.2) is 12.1 Å². The zero-order valence-corrected chi connectivity index (χ0v) is 75.5. The molecule has 0 radical (unpaired) electrons. The Morgan fingerprint density at radius 3 is 0.973 bits per heavy atom. The van der Waals surface area contributed by atoms with Crippen LogP contribution in [0.25, 0.3) is 0 Å². The first-order chi connectivity index (χ1) is 50.4. The van der Waals surface area contributed by atoms with Gasteiger partial charge in [0, 0.05) is 46.7 Å². The molecule has 4 unspecified atom stereocenters. The Morgan fingerprint density at radius 2 is 0.723 bits per heavy atom. The van der Waals surface area contributed by atoms with Gasteiger partial charge in [-0.15, -0.1) is 58.9 Å². The summed E-state index contributed by atoms with van der Waals surface area (Å²) in [6, 6.07) is 18.6. The maximum absolute atomic E-state index is 13.3. The fourth-order valence-electron chi connectivity index (χ4n) is 13.4. The van der Waals surface area contributed by atoms with E-state index in [2.05, 4.69) is 101 Å². The molecule has 4 aliphatic heterocycles. The number of nitrogen functional groups attached to an aromatic ring is 1. The van der Waals surface area contributed by atoms with Gasteiger partial charge in [-0.2, -0.15) is 0 Å². The number of rotatable bonds is 8. The third-order valence-corrected chi connectivity index (χ3v) is 19.0. The summed E-state index contributed by atoms with van der Waals surface area (Å²) >= 11 is 4.57. The predicted molar refractivity (Wildman–Crippen MR) is 461 cm³/mol. The maximum atomic E-state index is 13.3. The van der Waals surface area contributed by atoms with E-state index in [-0.39, 0.29) is 133 Å². The number of hydrogen-bond acceptors (Lipinski definition) is 11. The number of aliphatic carboxylic acids is 1. The molecule has 10 rings (SSSR count). The van der Waals surface area contributed by atoms with Crippen LogP contribution < -0.4 is 21.7 Å². The van der Waals surface area contributed by atoms with Gasteiger partial charge in [0.25, 0.3) is 22.6 Å². The number of nitrogens with one attached hydrogen (secondary N) is 3. The van der Waals surface area contributed by atoms with Crippen molar-refractivity contribution in [3.8, 4) is 0 Å². The number of likely N-dealkylation sites (N-methyl/N-ethyl adjacent to an activating group) is 4. The molecule has 4 fully saturated rings. The number of likely N-dealkylation sites (tertiary alicyclic amines) is 4. The Labute approximate surface area is 719 Å². The third-order valence-electron chi connectivity index (χ3n) is 19.0. The Balaban J connectivity index is -0.000000605. The second-order valence-electron chi connectivity index (χ2n) is 28.7. The van der Waals surface area contributed by atoms with Crippen molar-refractivity contribution < 1.29 is 94.8 Å². The van der Waals surface area contributed by atoms with E-state index < -0.39 is 21.8 Å². The fourth-order valence-corrected chi connectivity index (χ4v) is 13.4. The van der Waals surface area contributed by atoms with Gasteiger partial charge in [-0.25, -0.2) is 26.3 Å². The van der Waals surface area contributed by atoms with Gasteiger partial charge in [0.1, 0.15) is 40.9 Å². The summed E-state index contributed by atoms with van der Waals surface area (Å²) in [4.78, 5) is 72.2. The molecule has 4 atom stereocenters. The van der Waals surface area contributed by atoms with Crippen LogP contribution in [0.15, 0.2) is 78.9 Å². The Hall–Kier alpha value is -5.91. The van der Waals surface area contributed by atoms with Crippen LogP contribution in [-0.2, 0) is 39.2 Å². The molecule has 4 saturated heterocycles. The van der Waals surface area contributed by atoms with E-state index in [0.717, 1.165) is 184 Å². The van der Waals surface area contributed by atoms with Gasteiger partial charge in [0.2, 0.25) is 5.91 Å². The molecule has 4 aliphatic rings. The number of carboxylic acid groups (broad SMARTS) is 1. The normalized spacial score (nSPS) is 16.7. The van der Waals surface area contributed by atoms with E-state index in [0.29, 0.717) is 16.8 Å². The van der Waals surface area contributed by atoms with Crippen LogP contribution in [0.3, 0.4) is 0 Å². The Morgan fingerprint density at radius 1 is 0.473 bits per heavy atom. The molecule has 32 heteroatoms. The quantitative estimate of drug-likeness (QED) is 0.0121. The molecule has 20 nitrogen and oxygen atoms in total.